The lowest BCUT2D eigenvalue weighted by molar-refractivity contribution is 0.102. The lowest BCUT2D eigenvalue weighted by Crippen LogP contribution is -2.34. The number of nitrogens with one attached hydrogen (secondary N) is 1. The molecule has 296 valence electrons. The summed E-state index contributed by atoms with van der Waals surface area (Å²) in [5.41, 5.74) is 7.21. The number of rotatable bonds is 6. The molecule has 5 aromatic rings. The third-order valence-corrected chi connectivity index (χ3v) is 12.0. The van der Waals surface area contributed by atoms with Gasteiger partial charge in [-0.25, -0.2) is 0 Å². The summed E-state index contributed by atoms with van der Waals surface area (Å²) in [6, 6.07) is 22.8. The summed E-state index contributed by atoms with van der Waals surface area (Å²) in [6.45, 7) is 1.68. The third kappa shape index (κ3) is 7.43. The Kier molecular flexibility index (Phi) is 10.9. The van der Waals surface area contributed by atoms with Gasteiger partial charge in [-0.2, -0.15) is 0 Å². The summed E-state index contributed by atoms with van der Waals surface area (Å²) < 4.78 is 37.6. The number of anilines is 1. The average Bonchev–Trinajstić information content (AvgIpc) is 3.20. The number of benzene rings is 5. The van der Waals surface area contributed by atoms with E-state index in [2.05, 4.69) is 53.5 Å². The second-order valence-corrected chi connectivity index (χ2v) is 15.5. The number of fused-ring (bicyclic) bond motifs is 2. The molecule has 9 rings (SSSR count). The molecule has 6 bridgehead atoms. The highest BCUT2D eigenvalue weighted by Gasteiger charge is 2.35. The normalized spacial score (nSPS) is 17.6. The van der Waals surface area contributed by atoms with Crippen LogP contribution in [0.15, 0.2) is 72.8 Å². The Bertz CT molecular complexity index is 2350. The van der Waals surface area contributed by atoms with Crippen molar-refractivity contribution in [3.63, 3.8) is 0 Å². The highest BCUT2D eigenvalue weighted by molar-refractivity contribution is 6.37. The van der Waals surface area contributed by atoms with E-state index < -0.39 is 5.91 Å². The van der Waals surface area contributed by atoms with Crippen molar-refractivity contribution >= 4 is 34.8 Å². The molecule has 0 aromatic heterocycles. The first kappa shape index (κ1) is 38.7. The molecular formula is C45H45Cl2N3O7. The van der Waals surface area contributed by atoms with Gasteiger partial charge in [0.2, 0.25) is 5.75 Å². The molecule has 1 N–H and O–H groups in total. The maximum Gasteiger partial charge on any atom is 0.257 e. The van der Waals surface area contributed by atoms with Crippen molar-refractivity contribution in [2.75, 3.05) is 60.9 Å². The van der Waals surface area contributed by atoms with E-state index >= 15 is 0 Å². The number of likely N-dealkylation sites (N-methyl/N-ethyl adjacent to an activating group) is 2. The Morgan fingerprint density at radius 2 is 1.37 bits per heavy atom. The molecule has 0 aliphatic carbocycles. The molecule has 1 amide bonds. The van der Waals surface area contributed by atoms with Crippen LogP contribution in [0.2, 0.25) is 10.0 Å². The molecule has 0 spiro atoms. The van der Waals surface area contributed by atoms with Gasteiger partial charge in [0.15, 0.2) is 34.5 Å². The fourth-order valence-corrected chi connectivity index (χ4v) is 8.82. The van der Waals surface area contributed by atoms with Crippen LogP contribution in [0.1, 0.15) is 55.8 Å². The van der Waals surface area contributed by atoms with E-state index in [-0.39, 0.29) is 22.7 Å². The van der Waals surface area contributed by atoms with Crippen LogP contribution in [0.25, 0.3) is 0 Å². The molecule has 5 aromatic carbocycles. The van der Waals surface area contributed by atoms with E-state index in [1.807, 2.05) is 24.3 Å². The van der Waals surface area contributed by atoms with Crippen LogP contribution in [-0.4, -0.2) is 71.3 Å². The predicted molar refractivity (Wildman–Crippen MR) is 222 cm³/mol. The number of nitrogens with zero attached hydrogens (tertiary/aromatic N) is 2. The fraction of sp³-hybridized carbons (Fsp3) is 0.311. The van der Waals surface area contributed by atoms with Gasteiger partial charge in [0.05, 0.1) is 39.0 Å². The zero-order valence-corrected chi connectivity index (χ0v) is 34.3. The standard InChI is InChI=1S/C45H45Cl2N3O7/c1-49-15-13-26-19-37(52-3)40-23-32(26)35(49)17-25-7-10-30(11-8-25)56-39-21-28(34(24-38(39)53-4)48-45(51)31-12-9-29(46)22-33(31)47)18-36-42-27(14-16-50(36)2)20-41(54-5)43(55-6)44(42)57-40/h7-12,19-24,35-36H,13-18H2,1-6H3,(H,48,51)/t35-,36-/m0/s1. The van der Waals surface area contributed by atoms with Crippen LogP contribution in [0, 0.1) is 0 Å². The largest absolute Gasteiger partial charge is 0.493 e. The second-order valence-electron chi connectivity index (χ2n) is 14.7. The topological polar surface area (TPSA) is 91.0 Å². The van der Waals surface area contributed by atoms with E-state index in [0.29, 0.717) is 63.1 Å². The Morgan fingerprint density at radius 1 is 0.702 bits per heavy atom. The molecule has 4 heterocycles. The predicted octanol–water partition coefficient (Wildman–Crippen LogP) is 9.72. The summed E-state index contributed by atoms with van der Waals surface area (Å²) in [4.78, 5) is 18.6. The third-order valence-electron chi connectivity index (χ3n) is 11.4. The number of hydrogen-bond donors (Lipinski definition) is 1. The smallest absolute Gasteiger partial charge is 0.257 e. The number of carbonyl (C=O) groups excluding carboxylic acids is 1. The zero-order chi connectivity index (χ0) is 40.0. The number of amides is 1. The number of halogens is 2. The summed E-state index contributed by atoms with van der Waals surface area (Å²) in [7, 11) is 10.8. The minimum absolute atomic E-state index is 0.0980. The number of carbonyl (C=O) groups is 1. The van der Waals surface area contributed by atoms with Crippen molar-refractivity contribution < 1.29 is 33.2 Å². The van der Waals surface area contributed by atoms with Gasteiger partial charge >= 0.3 is 0 Å². The van der Waals surface area contributed by atoms with E-state index in [0.717, 1.165) is 54.6 Å². The highest BCUT2D eigenvalue weighted by atomic mass is 35.5. The van der Waals surface area contributed by atoms with Gasteiger partial charge in [0, 0.05) is 47.5 Å². The van der Waals surface area contributed by atoms with E-state index in [9.17, 15) is 4.79 Å². The monoisotopic (exact) mass is 809 g/mol. The van der Waals surface area contributed by atoms with Crippen molar-refractivity contribution in [1.29, 1.82) is 0 Å². The quantitative estimate of drug-likeness (QED) is 0.180. The number of methoxy groups -OCH3 is 4. The van der Waals surface area contributed by atoms with Crippen LogP contribution in [0.5, 0.6) is 46.0 Å². The maximum atomic E-state index is 13.9. The Balaban J connectivity index is 1.35. The summed E-state index contributed by atoms with van der Waals surface area (Å²) in [5, 5.41) is 3.79. The van der Waals surface area contributed by atoms with Gasteiger partial charge in [0.25, 0.3) is 5.91 Å². The minimum atomic E-state index is -0.394. The van der Waals surface area contributed by atoms with Crippen molar-refractivity contribution in [2.24, 2.45) is 0 Å². The first-order chi connectivity index (χ1) is 27.6. The van der Waals surface area contributed by atoms with Gasteiger partial charge in [-0.3, -0.25) is 14.6 Å². The Morgan fingerprint density at radius 3 is 2.07 bits per heavy atom. The van der Waals surface area contributed by atoms with Crippen LogP contribution in [-0.2, 0) is 25.7 Å². The molecular weight excluding hydrogens is 765 g/mol. The first-order valence-electron chi connectivity index (χ1n) is 18.9. The molecule has 0 radical (unpaired) electrons. The van der Waals surface area contributed by atoms with Gasteiger partial charge in [-0.15, -0.1) is 0 Å². The fourth-order valence-electron chi connectivity index (χ4n) is 8.32. The van der Waals surface area contributed by atoms with Crippen LogP contribution < -0.4 is 33.7 Å². The second kappa shape index (κ2) is 16.0. The molecule has 0 saturated carbocycles. The van der Waals surface area contributed by atoms with Crippen LogP contribution in [0.4, 0.5) is 5.69 Å². The molecule has 0 unspecified atom stereocenters. The van der Waals surface area contributed by atoms with Gasteiger partial charge in [-0.1, -0.05) is 35.3 Å². The molecule has 2 atom stereocenters. The lowest BCUT2D eigenvalue weighted by Gasteiger charge is -2.37. The lowest BCUT2D eigenvalue weighted by atomic mass is 9.86. The SMILES string of the molecule is COc1cc(NC(=O)c2ccc(Cl)cc2Cl)c2cc1Oc1ccc(cc1)C[C@H]1c3cc(c(OC)cc3CCN1C)Oc1c(OC)c(OC)cc3c1[C@H](C2)N(C)CC3. The summed E-state index contributed by atoms with van der Waals surface area (Å²) in [6.07, 6.45) is 2.85. The number of ether oxygens (including phenoxy) is 6. The molecule has 10 nitrogen and oxygen atoms in total. The minimum Gasteiger partial charge on any atom is -0.493 e. The molecule has 0 fully saturated rings. The van der Waals surface area contributed by atoms with Crippen molar-refractivity contribution in [3.8, 4) is 46.0 Å². The van der Waals surface area contributed by atoms with Crippen molar-refractivity contribution in [2.45, 2.75) is 37.8 Å². The zero-order valence-electron chi connectivity index (χ0n) is 32.8. The van der Waals surface area contributed by atoms with Crippen LogP contribution >= 0.6 is 23.2 Å². The number of hydrogen-bond acceptors (Lipinski definition) is 9. The summed E-state index contributed by atoms with van der Waals surface area (Å²) in [5.74, 6) is 4.03. The van der Waals surface area contributed by atoms with Crippen molar-refractivity contribution in [1.82, 2.24) is 9.80 Å². The van der Waals surface area contributed by atoms with Crippen molar-refractivity contribution in [3.05, 3.63) is 122 Å². The van der Waals surface area contributed by atoms with Crippen LogP contribution in [0.3, 0.4) is 0 Å². The van der Waals surface area contributed by atoms with Gasteiger partial charge in [-0.05, 0) is 122 Å². The molecule has 57 heavy (non-hydrogen) atoms. The van der Waals surface area contributed by atoms with E-state index in [1.54, 1.807) is 52.7 Å². The first-order valence-corrected chi connectivity index (χ1v) is 19.7. The molecule has 12 heteroatoms. The van der Waals surface area contributed by atoms with Gasteiger partial charge in [0.1, 0.15) is 5.75 Å². The summed E-state index contributed by atoms with van der Waals surface area (Å²) >= 11 is 12.7. The molecule has 4 aliphatic rings. The maximum absolute atomic E-state index is 13.9. The highest BCUT2D eigenvalue weighted by Crippen LogP contribution is 2.52. The van der Waals surface area contributed by atoms with E-state index in [4.69, 9.17) is 51.6 Å². The Labute approximate surface area is 343 Å². The average molecular weight is 811 g/mol. The molecule has 0 saturated heterocycles. The van der Waals surface area contributed by atoms with Gasteiger partial charge < -0.3 is 33.7 Å². The van der Waals surface area contributed by atoms with E-state index in [1.165, 1.54) is 11.1 Å². The molecule has 4 aliphatic heterocycles. The Hall–Kier alpha value is -5.13.